The molecule has 4 bridgehead atoms. The summed E-state index contributed by atoms with van der Waals surface area (Å²) < 4.78 is 18.3. The molecular formula is C28H37ClN4O6. The molecule has 4 rings (SSSR count). The minimum absolute atomic E-state index is 0. The number of hydrogen-bond acceptors (Lipinski definition) is 7. The highest BCUT2D eigenvalue weighted by molar-refractivity contribution is 5.97. The number of benzene rings is 2. The molecule has 0 unspecified atom stereocenters. The maximum atomic E-state index is 13.5. The van der Waals surface area contributed by atoms with Crippen molar-refractivity contribution >= 4 is 30.1 Å². The van der Waals surface area contributed by atoms with Gasteiger partial charge in [-0.2, -0.15) is 0 Å². The van der Waals surface area contributed by atoms with Crippen LogP contribution in [0.5, 0.6) is 17.2 Å². The molecule has 2 aliphatic rings. The monoisotopic (exact) mass is 560 g/mol. The molecule has 2 aromatic rings. The molecule has 1 saturated heterocycles. The third-order valence-corrected chi connectivity index (χ3v) is 6.52. The number of likely N-dealkylation sites (N-methyl/N-ethyl adjacent to an activating group) is 1. The van der Waals surface area contributed by atoms with E-state index in [4.69, 9.17) is 19.9 Å². The lowest BCUT2D eigenvalue weighted by molar-refractivity contribution is -0.136. The van der Waals surface area contributed by atoms with Gasteiger partial charge in [-0.25, -0.2) is 0 Å². The standard InChI is InChI=1S/C28H36N4O6.ClH/c1-4-31-16-26(33)30-24-15-32(27(34)14-29)9-8-25(24)36-17-19-6-5-7-21(10-19)38-23-12-20(28(31)35)11-22(13-23)37-18(2)3;/h5-7,10-13,18,24-25H,4,8-9,14-17,29H2,1-3H3,(H,30,33);1H/t24-,25-;/m0./s1. The van der Waals surface area contributed by atoms with Crippen LogP contribution in [0.25, 0.3) is 0 Å². The molecule has 2 aromatic carbocycles. The number of likely N-dealkylation sites (tertiary alicyclic amines) is 1. The SMILES string of the molecule is CCN1CC(=O)N[C@H]2CN(C(=O)CN)CC[C@@H]2OCc2cccc(c2)Oc2cc(OC(C)C)cc(c2)C1=O.Cl. The summed E-state index contributed by atoms with van der Waals surface area (Å²) >= 11 is 0. The van der Waals surface area contributed by atoms with Crippen molar-refractivity contribution < 1.29 is 28.6 Å². The first kappa shape index (κ1) is 30.2. The Kier molecular flexibility index (Phi) is 10.6. The van der Waals surface area contributed by atoms with Crippen LogP contribution >= 0.6 is 12.4 Å². The fraction of sp³-hybridized carbons (Fsp3) is 0.464. The Morgan fingerprint density at radius 1 is 1.18 bits per heavy atom. The topological polar surface area (TPSA) is 123 Å². The minimum atomic E-state index is -0.442. The van der Waals surface area contributed by atoms with Crippen LogP contribution in [-0.2, 0) is 20.9 Å². The van der Waals surface area contributed by atoms with Crippen LogP contribution in [0.15, 0.2) is 42.5 Å². The summed E-state index contributed by atoms with van der Waals surface area (Å²) in [5.74, 6) is 0.712. The van der Waals surface area contributed by atoms with Crippen LogP contribution < -0.4 is 20.5 Å². The van der Waals surface area contributed by atoms with Crippen molar-refractivity contribution in [2.24, 2.45) is 5.73 Å². The number of nitrogens with two attached hydrogens (primary N) is 1. The van der Waals surface area contributed by atoms with Crippen LogP contribution in [0, 0.1) is 0 Å². The predicted octanol–water partition coefficient (Wildman–Crippen LogP) is 2.72. The van der Waals surface area contributed by atoms with Gasteiger partial charge in [0.05, 0.1) is 37.9 Å². The molecule has 0 spiro atoms. The second kappa shape index (κ2) is 13.6. The Hall–Kier alpha value is -3.34. The second-order valence-corrected chi connectivity index (χ2v) is 9.78. The van der Waals surface area contributed by atoms with Crippen LogP contribution in [-0.4, -0.2) is 78.5 Å². The van der Waals surface area contributed by atoms with E-state index in [-0.39, 0.29) is 62.0 Å². The predicted molar refractivity (Wildman–Crippen MR) is 148 cm³/mol. The van der Waals surface area contributed by atoms with Gasteiger partial charge >= 0.3 is 0 Å². The van der Waals surface area contributed by atoms with Gasteiger partial charge in [-0.1, -0.05) is 12.1 Å². The van der Waals surface area contributed by atoms with Crippen molar-refractivity contribution in [1.29, 1.82) is 0 Å². The van der Waals surface area contributed by atoms with Crippen molar-refractivity contribution in [3.05, 3.63) is 53.6 Å². The Balaban J connectivity index is 0.00000420. The largest absolute Gasteiger partial charge is 0.491 e. The van der Waals surface area contributed by atoms with Gasteiger partial charge in [-0.3, -0.25) is 14.4 Å². The van der Waals surface area contributed by atoms with Crippen LogP contribution in [0.4, 0.5) is 0 Å². The molecule has 3 N–H and O–H groups in total. The molecule has 1 fully saturated rings. The van der Waals surface area contributed by atoms with E-state index in [1.54, 1.807) is 23.1 Å². The highest BCUT2D eigenvalue weighted by Crippen LogP contribution is 2.30. The van der Waals surface area contributed by atoms with Crippen molar-refractivity contribution in [2.45, 2.75) is 52.0 Å². The molecule has 0 aliphatic carbocycles. The van der Waals surface area contributed by atoms with Gasteiger partial charge in [0.15, 0.2) is 0 Å². The summed E-state index contributed by atoms with van der Waals surface area (Å²) in [6.07, 6.45) is 0.133. The van der Waals surface area contributed by atoms with Crippen LogP contribution in [0.2, 0.25) is 0 Å². The number of hydrogen-bond donors (Lipinski definition) is 2. The Bertz CT molecular complexity index is 1180. The van der Waals surface area contributed by atoms with Crippen molar-refractivity contribution in [3.63, 3.8) is 0 Å². The van der Waals surface area contributed by atoms with Crippen molar-refractivity contribution in [1.82, 2.24) is 15.1 Å². The van der Waals surface area contributed by atoms with Gasteiger partial charge in [0.2, 0.25) is 11.8 Å². The molecule has 212 valence electrons. The molecule has 0 radical (unpaired) electrons. The summed E-state index contributed by atoms with van der Waals surface area (Å²) in [7, 11) is 0. The lowest BCUT2D eigenvalue weighted by Gasteiger charge is -2.39. The van der Waals surface area contributed by atoms with Gasteiger partial charge in [0.1, 0.15) is 17.2 Å². The zero-order valence-electron chi connectivity index (χ0n) is 22.6. The van der Waals surface area contributed by atoms with Gasteiger partial charge < -0.3 is 35.1 Å². The van der Waals surface area contributed by atoms with E-state index in [1.807, 2.05) is 45.0 Å². The van der Waals surface area contributed by atoms with E-state index >= 15 is 0 Å². The van der Waals surface area contributed by atoms with E-state index in [0.717, 1.165) is 5.56 Å². The number of carbonyl (C=O) groups is 3. The average molecular weight is 561 g/mol. The minimum Gasteiger partial charge on any atom is -0.491 e. The van der Waals surface area contributed by atoms with E-state index in [1.165, 1.54) is 4.90 Å². The van der Waals surface area contributed by atoms with Crippen molar-refractivity contribution in [3.8, 4) is 17.2 Å². The zero-order valence-corrected chi connectivity index (χ0v) is 23.4. The molecule has 2 aliphatic heterocycles. The highest BCUT2D eigenvalue weighted by Gasteiger charge is 2.33. The summed E-state index contributed by atoms with van der Waals surface area (Å²) in [5, 5.41) is 3.00. The summed E-state index contributed by atoms with van der Waals surface area (Å²) in [4.78, 5) is 42.0. The van der Waals surface area contributed by atoms with E-state index < -0.39 is 6.04 Å². The molecule has 2 atom stereocenters. The van der Waals surface area contributed by atoms with E-state index in [0.29, 0.717) is 48.9 Å². The first-order chi connectivity index (χ1) is 18.2. The third-order valence-electron chi connectivity index (χ3n) is 6.52. The van der Waals surface area contributed by atoms with Gasteiger partial charge in [0, 0.05) is 31.3 Å². The number of fused-ring (bicyclic) bond motifs is 5. The Morgan fingerprint density at radius 3 is 2.69 bits per heavy atom. The smallest absolute Gasteiger partial charge is 0.254 e. The molecule has 11 heteroatoms. The highest BCUT2D eigenvalue weighted by atomic mass is 35.5. The fourth-order valence-corrected chi connectivity index (χ4v) is 4.69. The number of nitrogens with zero attached hydrogens (tertiary/aromatic N) is 2. The Morgan fingerprint density at radius 2 is 1.97 bits per heavy atom. The Labute approximate surface area is 235 Å². The quantitative estimate of drug-likeness (QED) is 0.589. The molecular weight excluding hydrogens is 524 g/mol. The number of piperidine rings is 1. The molecule has 10 nitrogen and oxygen atoms in total. The fourth-order valence-electron chi connectivity index (χ4n) is 4.69. The molecule has 2 heterocycles. The number of halogens is 1. The lowest BCUT2D eigenvalue weighted by Crippen LogP contribution is -2.59. The molecule has 0 saturated carbocycles. The zero-order chi connectivity index (χ0) is 27.2. The van der Waals surface area contributed by atoms with E-state index in [9.17, 15) is 14.4 Å². The first-order valence-corrected chi connectivity index (χ1v) is 13.0. The van der Waals surface area contributed by atoms with Crippen LogP contribution in [0.1, 0.15) is 43.1 Å². The maximum Gasteiger partial charge on any atom is 0.254 e. The molecule has 3 amide bonds. The lowest BCUT2D eigenvalue weighted by atomic mass is 10.0. The summed E-state index contributed by atoms with van der Waals surface area (Å²) in [6.45, 7) is 6.78. The average Bonchev–Trinajstić information content (AvgIpc) is 2.89. The van der Waals surface area contributed by atoms with Crippen LogP contribution in [0.3, 0.4) is 0 Å². The van der Waals surface area contributed by atoms with Gasteiger partial charge in [-0.15, -0.1) is 12.4 Å². The van der Waals surface area contributed by atoms with Gasteiger partial charge in [0.25, 0.3) is 5.91 Å². The molecule has 0 aromatic heterocycles. The van der Waals surface area contributed by atoms with Gasteiger partial charge in [-0.05, 0) is 57.0 Å². The number of rotatable bonds is 4. The number of amides is 3. The normalized spacial score (nSPS) is 19.9. The number of carbonyl (C=O) groups excluding carboxylic acids is 3. The first-order valence-electron chi connectivity index (χ1n) is 13.0. The number of ether oxygens (including phenoxy) is 3. The third kappa shape index (κ3) is 7.84. The van der Waals surface area contributed by atoms with Crippen molar-refractivity contribution in [2.75, 3.05) is 32.7 Å². The molecule has 39 heavy (non-hydrogen) atoms. The maximum absolute atomic E-state index is 13.5. The van der Waals surface area contributed by atoms with E-state index in [2.05, 4.69) is 5.32 Å². The second-order valence-electron chi connectivity index (χ2n) is 9.78. The summed E-state index contributed by atoms with van der Waals surface area (Å²) in [5.41, 5.74) is 6.82. The number of nitrogens with one attached hydrogen (secondary N) is 1. The summed E-state index contributed by atoms with van der Waals surface area (Å²) in [6, 6.07) is 12.1.